The molecular weight excluding hydrogens is 406 g/mol. The number of aliphatic hydroxyl groups excluding tert-OH is 1. The average molecular weight is 433 g/mol. The van der Waals surface area contributed by atoms with E-state index in [1.54, 1.807) is 0 Å². The SMILES string of the molecule is C[C@H](NC(=O)[C@@H](NC(=O)[C@@H](N)CCC(=O)O)[C@@H](C)O)C(=O)N[C@@H](CC(N)=O)C(=O)O. The molecule has 0 aromatic carbocycles. The average Bonchev–Trinajstić information content (AvgIpc) is 2.61. The predicted octanol–water partition coefficient (Wildman–Crippen LogP) is -4.01. The number of aliphatic hydroxyl groups is 1. The van der Waals surface area contributed by atoms with E-state index in [1.807, 2.05) is 5.32 Å². The molecule has 10 N–H and O–H groups in total. The zero-order valence-electron chi connectivity index (χ0n) is 16.5. The second-order valence-corrected chi connectivity index (χ2v) is 6.57. The number of nitrogens with two attached hydrogens (primary N) is 2. The van der Waals surface area contributed by atoms with Gasteiger partial charge in [0.05, 0.1) is 18.6 Å². The maximum Gasteiger partial charge on any atom is 0.326 e. The maximum atomic E-state index is 12.3. The molecule has 0 rings (SSSR count). The summed E-state index contributed by atoms with van der Waals surface area (Å²) in [5, 5.41) is 33.7. The van der Waals surface area contributed by atoms with Gasteiger partial charge in [-0.2, -0.15) is 0 Å². The molecule has 4 amide bonds. The van der Waals surface area contributed by atoms with Crippen molar-refractivity contribution in [3.8, 4) is 0 Å². The van der Waals surface area contributed by atoms with E-state index in [0.717, 1.165) is 0 Å². The van der Waals surface area contributed by atoms with Crippen LogP contribution in [0.25, 0.3) is 0 Å². The Morgan fingerprint density at radius 3 is 1.90 bits per heavy atom. The van der Waals surface area contributed by atoms with Crippen LogP contribution in [0.2, 0.25) is 0 Å². The molecule has 14 heteroatoms. The fourth-order valence-electron chi connectivity index (χ4n) is 2.14. The smallest absolute Gasteiger partial charge is 0.326 e. The van der Waals surface area contributed by atoms with Gasteiger partial charge in [-0.3, -0.25) is 24.0 Å². The lowest BCUT2D eigenvalue weighted by Crippen LogP contribution is -2.59. The Labute approximate surface area is 171 Å². The molecule has 0 aliphatic rings. The largest absolute Gasteiger partial charge is 0.481 e. The number of amides is 4. The minimum Gasteiger partial charge on any atom is -0.481 e. The minimum atomic E-state index is -1.60. The molecule has 0 aliphatic heterocycles. The van der Waals surface area contributed by atoms with Crippen molar-refractivity contribution < 1.29 is 44.1 Å². The number of hydrogen-bond acceptors (Lipinski definition) is 8. The van der Waals surface area contributed by atoms with Crippen LogP contribution in [0.3, 0.4) is 0 Å². The highest BCUT2D eigenvalue weighted by molar-refractivity contribution is 5.95. The number of rotatable bonds is 13. The van der Waals surface area contributed by atoms with Gasteiger partial charge in [-0.25, -0.2) is 4.79 Å². The van der Waals surface area contributed by atoms with Crippen LogP contribution in [-0.4, -0.2) is 81.2 Å². The number of nitrogens with one attached hydrogen (secondary N) is 3. The molecule has 5 atom stereocenters. The Morgan fingerprint density at radius 2 is 1.47 bits per heavy atom. The van der Waals surface area contributed by atoms with E-state index in [1.165, 1.54) is 13.8 Å². The molecule has 170 valence electrons. The van der Waals surface area contributed by atoms with Gasteiger partial charge in [-0.15, -0.1) is 0 Å². The number of carbonyl (C=O) groups excluding carboxylic acids is 4. The molecule has 0 heterocycles. The van der Waals surface area contributed by atoms with Gasteiger partial charge in [-0.05, 0) is 20.3 Å². The van der Waals surface area contributed by atoms with Crippen molar-refractivity contribution in [1.82, 2.24) is 16.0 Å². The first-order valence-electron chi connectivity index (χ1n) is 8.83. The summed E-state index contributed by atoms with van der Waals surface area (Å²) in [5.74, 6) is -6.46. The molecule has 0 aromatic rings. The van der Waals surface area contributed by atoms with Gasteiger partial charge < -0.3 is 42.7 Å². The first-order valence-corrected chi connectivity index (χ1v) is 8.83. The van der Waals surface area contributed by atoms with Crippen LogP contribution in [-0.2, 0) is 28.8 Å². The fraction of sp³-hybridized carbons (Fsp3) is 0.625. The zero-order valence-corrected chi connectivity index (χ0v) is 16.5. The lowest BCUT2D eigenvalue weighted by molar-refractivity contribution is -0.143. The summed E-state index contributed by atoms with van der Waals surface area (Å²) >= 11 is 0. The molecule has 14 nitrogen and oxygen atoms in total. The topological polar surface area (TPSA) is 251 Å². The summed E-state index contributed by atoms with van der Waals surface area (Å²) in [6.07, 6.45) is -2.65. The number of hydrogen-bond donors (Lipinski definition) is 8. The van der Waals surface area contributed by atoms with E-state index in [0.29, 0.717) is 0 Å². The minimum absolute atomic E-state index is 0.204. The third-order valence-electron chi connectivity index (χ3n) is 3.84. The van der Waals surface area contributed by atoms with Crippen molar-refractivity contribution in [2.24, 2.45) is 11.5 Å². The van der Waals surface area contributed by atoms with Gasteiger partial charge in [0.1, 0.15) is 18.1 Å². The van der Waals surface area contributed by atoms with Gasteiger partial charge >= 0.3 is 11.9 Å². The Bertz CT molecular complexity index is 682. The fourth-order valence-corrected chi connectivity index (χ4v) is 2.14. The summed E-state index contributed by atoms with van der Waals surface area (Å²) in [7, 11) is 0. The standard InChI is InChI=1S/C16H27N5O9/c1-6(13(26)20-9(16(29)30)5-10(18)23)19-15(28)12(7(2)22)21-14(27)8(17)3-4-11(24)25/h6-9,12,22H,3-5,17H2,1-2H3,(H2,18,23)(H,19,28)(H,20,26)(H,21,27)(H,24,25)(H,29,30)/t6-,7+,8-,9-,12-/m0/s1. The first-order chi connectivity index (χ1) is 13.8. The molecule has 0 radical (unpaired) electrons. The number of carboxylic acid groups (broad SMARTS) is 2. The van der Waals surface area contributed by atoms with Crippen molar-refractivity contribution in [2.75, 3.05) is 0 Å². The number of carboxylic acids is 2. The summed E-state index contributed by atoms with van der Waals surface area (Å²) in [6, 6.07) is -5.68. The van der Waals surface area contributed by atoms with E-state index in [4.69, 9.17) is 21.7 Å². The normalized spacial score (nSPS) is 15.6. The Balaban J connectivity index is 4.98. The van der Waals surface area contributed by atoms with Crippen molar-refractivity contribution in [2.45, 2.75) is 63.4 Å². The van der Waals surface area contributed by atoms with Gasteiger partial charge in [0.2, 0.25) is 23.6 Å². The molecule has 0 saturated heterocycles. The van der Waals surface area contributed by atoms with Crippen LogP contribution < -0.4 is 27.4 Å². The number of carbonyl (C=O) groups is 6. The Morgan fingerprint density at radius 1 is 0.900 bits per heavy atom. The molecule has 0 spiro atoms. The molecule has 0 saturated carbocycles. The van der Waals surface area contributed by atoms with Crippen molar-refractivity contribution in [3.63, 3.8) is 0 Å². The summed E-state index contributed by atoms with van der Waals surface area (Å²) in [5.41, 5.74) is 10.5. The highest BCUT2D eigenvalue weighted by Gasteiger charge is 2.31. The lowest BCUT2D eigenvalue weighted by Gasteiger charge is -2.24. The van der Waals surface area contributed by atoms with Crippen LogP contribution in [0.1, 0.15) is 33.1 Å². The second-order valence-electron chi connectivity index (χ2n) is 6.57. The van der Waals surface area contributed by atoms with E-state index in [-0.39, 0.29) is 12.8 Å². The van der Waals surface area contributed by atoms with Crippen LogP contribution in [0, 0.1) is 0 Å². The molecule has 0 aliphatic carbocycles. The van der Waals surface area contributed by atoms with Gasteiger partial charge in [0.25, 0.3) is 0 Å². The van der Waals surface area contributed by atoms with Crippen LogP contribution >= 0.6 is 0 Å². The van der Waals surface area contributed by atoms with Crippen LogP contribution in [0.15, 0.2) is 0 Å². The van der Waals surface area contributed by atoms with Crippen LogP contribution in [0.4, 0.5) is 0 Å². The highest BCUT2D eigenvalue weighted by Crippen LogP contribution is 2.00. The van der Waals surface area contributed by atoms with E-state index in [2.05, 4.69) is 10.6 Å². The Hall–Kier alpha value is -3.26. The van der Waals surface area contributed by atoms with E-state index in [9.17, 15) is 33.9 Å². The Kier molecular flexibility index (Phi) is 11.0. The number of aliphatic carboxylic acids is 2. The lowest BCUT2D eigenvalue weighted by atomic mass is 10.1. The molecule has 0 unspecified atom stereocenters. The third kappa shape index (κ3) is 9.79. The van der Waals surface area contributed by atoms with Crippen molar-refractivity contribution in [3.05, 3.63) is 0 Å². The van der Waals surface area contributed by atoms with Crippen LogP contribution in [0.5, 0.6) is 0 Å². The van der Waals surface area contributed by atoms with Gasteiger partial charge in [-0.1, -0.05) is 0 Å². The van der Waals surface area contributed by atoms with Crippen molar-refractivity contribution in [1.29, 1.82) is 0 Å². The highest BCUT2D eigenvalue weighted by atomic mass is 16.4. The van der Waals surface area contributed by atoms with Crippen molar-refractivity contribution >= 4 is 35.6 Å². The molecular formula is C16H27N5O9. The summed E-state index contributed by atoms with van der Waals surface area (Å²) in [4.78, 5) is 68.9. The molecule has 30 heavy (non-hydrogen) atoms. The molecule has 0 fully saturated rings. The van der Waals surface area contributed by atoms with E-state index < -0.39 is 72.3 Å². The number of primary amides is 1. The quantitative estimate of drug-likeness (QED) is 0.140. The van der Waals surface area contributed by atoms with Gasteiger partial charge in [0, 0.05) is 6.42 Å². The summed E-state index contributed by atoms with van der Waals surface area (Å²) < 4.78 is 0. The second kappa shape index (κ2) is 12.3. The monoisotopic (exact) mass is 433 g/mol. The predicted molar refractivity (Wildman–Crippen MR) is 99.4 cm³/mol. The first kappa shape index (κ1) is 26.7. The molecule has 0 aromatic heterocycles. The maximum absolute atomic E-state index is 12.3. The summed E-state index contributed by atoms with van der Waals surface area (Å²) in [6.45, 7) is 2.39. The van der Waals surface area contributed by atoms with Gasteiger partial charge in [0.15, 0.2) is 0 Å². The zero-order chi connectivity index (χ0) is 23.6. The third-order valence-corrected chi connectivity index (χ3v) is 3.84. The molecule has 0 bridgehead atoms. The van der Waals surface area contributed by atoms with E-state index >= 15 is 0 Å².